The molecule has 3 rings (SSSR count). The Hall–Kier alpha value is -1.27. The second-order valence-corrected chi connectivity index (χ2v) is 9.94. The maximum Gasteiger partial charge on any atom is 0.222 e. The van der Waals surface area contributed by atoms with Gasteiger partial charge in [-0.25, -0.2) is 0 Å². The largest absolute Gasteiger partial charge is 0.340 e. The Morgan fingerprint density at radius 2 is 1.38 bits per heavy atom. The predicted octanol–water partition coefficient (Wildman–Crippen LogP) is 1.90. The average molecular weight is 396 g/mol. The Labute approximate surface area is 159 Å². The van der Waals surface area contributed by atoms with E-state index in [2.05, 4.69) is 0 Å². The molecular formula is C18H25N2O4PS. The van der Waals surface area contributed by atoms with E-state index in [0.717, 1.165) is 31.2 Å². The summed E-state index contributed by atoms with van der Waals surface area (Å²) in [7, 11) is 0. The second kappa shape index (κ2) is 9.09. The lowest BCUT2D eigenvalue weighted by atomic mass is 10.4. The summed E-state index contributed by atoms with van der Waals surface area (Å²) in [5, 5.41) is 0.857. The van der Waals surface area contributed by atoms with Crippen molar-refractivity contribution in [1.82, 2.24) is 9.80 Å². The van der Waals surface area contributed by atoms with Crippen LogP contribution in [0.4, 0.5) is 0 Å². The van der Waals surface area contributed by atoms with E-state index in [1.165, 1.54) is 0 Å². The summed E-state index contributed by atoms with van der Waals surface area (Å²) in [6.45, 7) is 0.707. The van der Waals surface area contributed by atoms with Gasteiger partial charge in [0.25, 0.3) is 0 Å². The number of hydrogen-bond donors (Lipinski definition) is 0. The summed E-state index contributed by atoms with van der Waals surface area (Å²) in [6, 6.07) is 9.59. The van der Waals surface area contributed by atoms with Crippen molar-refractivity contribution >= 4 is 35.4 Å². The lowest BCUT2D eigenvalue weighted by Crippen LogP contribution is -2.30. The van der Waals surface area contributed by atoms with E-state index in [-0.39, 0.29) is 11.8 Å². The molecular weight excluding hydrogens is 371 g/mol. The molecule has 2 heterocycles. The molecule has 0 atom stereocenters. The number of carbonyl (C=O) groups is 2. The number of hydrogen-bond acceptors (Lipinski definition) is 5. The highest BCUT2D eigenvalue weighted by atomic mass is 32.5. The molecule has 26 heavy (non-hydrogen) atoms. The SMILES string of the molecule is O=C1CCCN1CCOP(=S)(OCCN1CCCC1=O)c1ccccc1. The smallest absolute Gasteiger partial charge is 0.222 e. The van der Waals surface area contributed by atoms with Gasteiger partial charge >= 0.3 is 0 Å². The Morgan fingerprint density at radius 1 is 0.885 bits per heavy atom. The molecule has 0 bridgehead atoms. The van der Waals surface area contributed by atoms with Gasteiger partial charge in [-0.3, -0.25) is 9.59 Å². The number of benzene rings is 1. The molecule has 1 aromatic rings. The third-order valence-electron chi connectivity index (χ3n) is 4.66. The van der Waals surface area contributed by atoms with Gasteiger partial charge in [-0.1, -0.05) is 18.2 Å². The fourth-order valence-electron chi connectivity index (χ4n) is 3.22. The number of carbonyl (C=O) groups excluding carboxylic acids is 2. The van der Waals surface area contributed by atoms with Gasteiger partial charge < -0.3 is 18.8 Å². The van der Waals surface area contributed by atoms with Gasteiger partial charge in [0.1, 0.15) is 0 Å². The standard InChI is InChI=1S/C18H25N2O4PS/c21-17-8-4-10-19(17)12-14-23-25(26,16-6-2-1-3-7-16)24-15-13-20-11-5-9-18(20)22/h1-3,6-7H,4-5,8-15H2. The van der Waals surface area contributed by atoms with Crippen LogP contribution < -0.4 is 5.30 Å². The number of rotatable bonds is 9. The summed E-state index contributed by atoms with van der Waals surface area (Å²) in [6.07, 6.45) is 3.05. The van der Waals surface area contributed by atoms with E-state index >= 15 is 0 Å². The lowest BCUT2D eigenvalue weighted by Gasteiger charge is -2.25. The van der Waals surface area contributed by atoms with Crippen LogP contribution >= 0.6 is 6.49 Å². The highest BCUT2D eigenvalue weighted by molar-refractivity contribution is 8.13. The number of likely N-dealkylation sites (tertiary alicyclic amines) is 2. The van der Waals surface area contributed by atoms with Crippen LogP contribution in [0.2, 0.25) is 0 Å². The molecule has 0 unspecified atom stereocenters. The minimum Gasteiger partial charge on any atom is -0.340 e. The van der Waals surface area contributed by atoms with Crippen molar-refractivity contribution in [3.05, 3.63) is 30.3 Å². The van der Waals surface area contributed by atoms with Crippen molar-refractivity contribution in [3.63, 3.8) is 0 Å². The Balaban J connectivity index is 1.57. The molecule has 2 saturated heterocycles. The molecule has 0 aromatic heterocycles. The molecule has 2 amide bonds. The zero-order chi connectivity index (χ0) is 18.4. The van der Waals surface area contributed by atoms with E-state index in [9.17, 15) is 9.59 Å². The Bertz CT molecular complexity index is 649. The van der Waals surface area contributed by atoms with E-state index in [4.69, 9.17) is 20.9 Å². The van der Waals surface area contributed by atoms with Gasteiger partial charge in [0.05, 0.1) is 13.2 Å². The normalized spacial score (nSPS) is 18.2. The van der Waals surface area contributed by atoms with Gasteiger partial charge in [-0.2, -0.15) is 0 Å². The van der Waals surface area contributed by atoms with Crippen molar-refractivity contribution in [1.29, 1.82) is 0 Å². The molecule has 0 spiro atoms. The minimum atomic E-state index is -2.67. The van der Waals surface area contributed by atoms with Gasteiger partial charge in [-0.05, 0) is 36.8 Å². The zero-order valence-electron chi connectivity index (χ0n) is 14.8. The highest BCUT2D eigenvalue weighted by Gasteiger charge is 2.26. The highest BCUT2D eigenvalue weighted by Crippen LogP contribution is 2.47. The van der Waals surface area contributed by atoms with Crippen LogP contribution in [0.1, 0.15) is 25.7 Å². The summed E-state index contributed by atoms with van der Waals surface area (Å²) in [4.78, 5) is 27.1. The molecule has 2 aliphatic heterocycles. The Kier molecular flexibility index (Phi) is 6.81. The number of amides is 2. The molecule has 0 N–H and O–H groups in total. The van der Waals surface area contributed by atoms with Crippen molar-refractivity contribution < 1.29 is 18.6 Å². The third-order valence-corrected chi connectivity index (χ3v) is 7.90. The topological polar surface area (TPSA) is 59.1 Å². The fraction of sp³-hybridized carbons (Fsp3) is 0.556. The van der Waals surface area contributed by atoms with Crippen LogP contribution in [0, 0.1) is 0 Å². The van der Waals surface area contributed by atoms with Crippen LogP contribution in [0.15, 0.2) is 30.3 Å². The maximum absolute atomic E-state index is 11.7. The van der Waals surface area contributed by atoms with Crippen LogP contribution in [0.5, 0.6) is 0 Å². The second-order valence-electron chi connectivity index (χ2n) is 6.47. The van der Waals surface area contributed by atoms with Crippen molar-refractivity contribution in [3.8, 4) is 0 Å². The minimum absolute atomic E-state index is 0.176. The van der Waals surface area contributed by atoms with Crippen molar-refractivity contribution in [2.24, 2.45) is 0 Å². The molecule has 0 aliphatic carbocycles. The van der Waals surface area contributed by atoms with Crippen molar-refractivity contribution in [2.45, 2.75) is 25.7 Å². The summed E-state index contributed by atoms with van der Waals surface area (Å²) in [5.74, 6) is 0.352. The van der Waals surface area contributed by atoms with Crippen LogP contribution in [0.3, 0.4) is 0 Å². The quantitative estimate of drug-likeness (QED) is 0.597. The van der Waals surface area contributed by atoms with Gasteiger partial charge in [0.15, 0.2) is 0 Å². The van der Waals surface area contributed by atoms with Gasteiger partial charge in [-0.15, -0.1) is 0 Å². The van der Waals surface area contributed by atoms with E-state index in [1.807, 2.05) is 40.1 Å². The van der Waals surface area contributed by atoms with Gasteiger partial charge in [0, 0.05) is 44.3 Å². The van der Waals surface area contributed by atoms with Crippen LogP contribution in [-0.2, 0) is 30.4 Å². The number of nitrogens with zero attached hydrogens (tertiary/aromatic N) is 2. The summed E-state index contributed by atoms with van der Waals surface area (Å²) < 4.78 is 12.0. The molecule has 0 saturated carbocycles. The van der Waals surface area contributed by atoms with Crippen LogP contribution in [-0.4, -0.2) is 61.0 Å². The molecule has 142 valence electrons. The lowest BCUT2D eigenvalue weighted by molar-refractivity contribution is -0.128. The first-order valence-corrected chi connectivity index (χ1v) is 11.7. The first kappa shape index (κ1) is 19.5. The Morgan fingerprint density at radius 3 is 1.81 bits per heavy atom. The van der Waals surface area contributed by atoms with Crippen LogP contribution in [0.25, 0.3) is 0 Å². The first-order valence-electron chi connectivity index (χ1n) is 9.09. The first-order chi connectivity index (χ1) is 12.6. The van der Waals surface area contributed by atoms with Gasteiger partial charge in [0.2, 0.25) is 18.3 Å². The zero-order valence-corrected chi connectivity index (χ0v) is 16.6. The van der Waals surface area contributed by atoms with E-state index < -0.39 is 6.49 Å². The fourth-order valence-corrected chi connectivity index (χ4v) is 5.59. The maximum atomic E-state index is 11.7. The van der Waals surface area contributed by atoms with E-state index in [1.54, 1.807) is 0 Å². The molecule has 1 aromatic carbocycles. The average Bonchev–Trinajstić information content (AvgIpc) is 3.24. The molecule has 8 heteroatoms. The molecule has 2 fully saturated rings. The predicted molar refractivity (Wildman–Crippen MR) is 104 cm³/mol. The summed E-state index contributed by atoms with van der Waals surface area (Å²) >= 11 is 5.77. The molecule has 2 aliphatic rings. The third kappa shape index (κ3) is 4.92. The summed E-state index contributed by atoms with van der Waals surface area (Å²) in [5.41, 5.74) is 0. The monoisotopic (exact) mass is 396 g/mol. The molecule has 0 radical (unpaired) electrons. The molecule has 6 nitrogen and oxygen atoms in total. The van der Waals surface area contributed by atoms with Crippen molar-refractivity contribution in [2.75, 3.05) is 39.4 Å². The van der Waals surface area contributed by atoms with E-state index in [0.29, 0.717) is 39.1 Å².